The fourth-order valence-electron chi connectivity index (χ4n) is 4.50. The van der Waals surface area contributed by atoms with E-state index in [2.05, 4.69) is 27.2 Å². The Bertz CT molecular complexity index is 1020. The Hall–Kier alpha value is -2.80. The Labute approximate surface area is 170 Å². The third-order valence-electron chi connectivity index (χ3n) is 6.20. The Kier molecular flexibility index (Phi) is 5.32. The summed E-state index contributed by atoms with van der Waals surface area (Å²) in [4.78, 5) is 23.6. The molecule has 1 fully saturated rings. The van der Waals surface area contributed by atoms with Crippen LogP contribution in [0, 0.1) is 13.8 Å². The van der Waals surface area contributed by atoms with E-state index in [1.165, 1.54) is 6.33 Å². The average molecular weight is 393 g/mol. The van der Waals surface area contributed by atoms with Gasteiger partial charge >= 0.3 is 0 Å². The standard InChI is InChI=1S/C22H27N5O2/c1-16-19(17(2)27-21(25-16)23-15-24-27)9-10-20(29)26-12-6-11-22(13-26,14-28)18-7-4-3-5-8-18/h3-5,7-8,15,28H,6,9-14H2,1-2H3. The van der Waals surface area contributed by atoms with Crippen LogP contribution in [0.25, 0.3) is 5.78 Å². The number of hydrogen-bond acceptors (Lipinski definition) is 5. The number of hydrogen-bond donors (Lipinski definition) is 1. The van der Waals surface area contributed by atoms with Crippen LogP contribution in [0.3, 0.4) is 0 Å². The fraction of sp³-hybridized carbons (Fsp3) is 0.455. The number of carbonyl (C=O) groups excluding carboxylic acids is 1. The lowest BCUT2D eigenvalue weighted by molar-refractivity contribution is -0.133. The summed E-state index contributed by atoms with van der Waals surface area (Å²) >= 11 is 0. The van der Waals surface area contributed by atoms with Crippen molar-refractivity contribution in [1.82, 2.24) is 24.5 Å². The lowest BCUT2D eigenvalue weighted by atomic mass is 9.74. The van der Waals surface area contributed by atoms with Crippen molar-refractivity contribution in [3.63, 3.8) is 0 Å². The van der Waals surface area contributed by atoms with Crippen molar-refractivity contribution in [2.24, 2.45) is 0 Å². The number of aliphatic hydroxyl groups excluding tert-OH is 1. The van der Waals surface area contributed by atoms with Gasteiger partial charge in [0.05, 0.1) is 6.61 Å². The second-order valence-electron chi connectivity index (χ2n) is 7.96. The van der Waals surface area contributed by atoms with Crippen LogP contribution in [0.15, 0.2) is 36.7 Å². The highest BCUT2D eigenvalue weighted by Gasteiger charge is 2.38. The van der Waals surface area contributed by atoms with E-state index in [4.69, 9.17) is 0 Å². The Morgan fingerprint density at radius 1 is 1.24 bits per heavy atom. The van der Waals surface area contributed by atoms with Crippen LogP contribution in [-0.2, 0) is 16.6 Å². The highest BCUT2D eigenvalue weighted by Crippen LogP contribution is 2.34. The van der Waals surface area contributed by atoms with E-state index >= 15 is 0 Å². The number of rotatable bonds is 5. The predicted molar refractivity (Wildman–Crippen MR) is 110 cm³/mol. The molecular weight excluding hydrogens is 366 g/mol. The molecule has 29 heavy (non-hydrogen) atoms. The highest BCUT2D eigenvalue weighted by atomic mass is 16.3. The van der Waals surface area contributed by atoms with Gasteiger partial charge in [0, 0.05) is 36.3 Å². The average Bonchev–Trinajstić information content (AvgIpc) is 3.22. The predicted octanol–water partition coefficient (Wildman–Crippen LogP) is 2.23. The molecule has 1 aromatic carbocycles. The van der Waals surface area contributed by atoms with E-state index in [1.54, 1.807) is 4.52 Å². The zero-order chi connectivity index (χ0) is 20.4. The molecule has 4 rings (SSSR count). The molecule has 1 atom stereocenters. The molecule has 1 aliphatic heterocycles. The normalized spacial score (nSPS) is 19.6. The smallest absolute Gasteiger partial charge is 0.252 e. The molecule has 3 aromatic rings. The first kappa shape index (κ1) is 19.5. The fourth-order valence-corrected chi connectivity index (χ4v) is 4.50. The van der Waals surface area contributed by atoms with Gasteiger partial charge in [0.25, 0.3) is 5.78 Å². The molecule has 1 saturated heterocycles. The number of aliphatic hydroxyl groups is 1. The summed E-state index contributed by atoms with van der Waals surface area (Å²) in [5.74, 6) is 0.706. The van der Waals surface area contributed by atoms with E-state index < -0.39 is 0 Å². The van der Waals surface area contributed by atoms with E-state index in [0.717, 1.165) is 41.9 Å². The quantitative estimate of drug-likeness (QED) is 0.719. The molecule has 0 radical (unpaired) electrons. The minimum Gasteiger partial charge on any atom is -0.395 e. The molecule has 1 N–H and O–H groups in total. The molecule has 3 heterocycles. The molecule has 0 saturated carbocycles. The second kappa shape index (κ2) is 7.91. The lowest BCUT2D eigenvalue weighted by Gasteiger charge is -2.42. The molecule has 1 amide bonds. The van der Waals surface area contributed by atoms with Gasteiger partial charge < -0.3 is 10.0 Å². The van der Waals surface area contributed by atoms with E-state index in [1.807, 2.05) is 36.9 Å². The summed E-state index contributed by atoms with van der Waals surface area (Å²) in [6, 6.07) is 10.1. The topological polar surface area (TPSA) is 83.6 Å². The monoisotopic (exact) mass is 393 g/mol. The molecule has 7 nitrogen and oxygen atoms in total. The second-order valence-corrected chi connectivity index (χ2v) is 7.96. The SMILES string of the molecule is Cc1nc2ncnn2c(C)c1CCC(=O)N1CCCC(CO)(c2ccccc2)C1. The van der Waals surface area contributed by atoms with Gasteiger partial charge in [0.15, 0.2) is 0 Å². The first-order valence-electron chi connectivity index (χ1n) is 10.1. The maximum absolute atomic E-state index is 13.0. The van der Waals surface area contributed by atoms with Crippen molar-refractivity contribution >= 4 is 11.7 Å². The number of likely N-dealkylation sites (tertiary alicyclic amines) is 1. The van der Waals surface area contributed by atoms with Crippen molar-refractivity contribution < 1.29 is 9.90 Å². The molecule has 0 bridgehead atoms. The van der Waals surface area contributed by atoms with Crippen molar-refractivity contribution in [3.8, 4) is 0 Å². The van der Waals surface area contributed by atoms with Gasteiger partial charge in [-0.05, 0) is 44.2 Å². The number of carbonyl (C=O) groups is 1. The summed E-state index contributed by atoms with van der Waals surface area (Å²) in [5, 5.41) is 14.4. The molecular formula is C22H27N5O2. The zero-order valence-electron chi connectivity index (χ0n) is 17.0. The summed E-state index contributed by atoms with van der Waals surface area (Å²) in [6.45, 7) is 5.29. The van der Waals surface area contributed by atoms with Crippen molar-refractivity contribution in [2.45, 2.75) is 44.9 Å². The van der Waals surface area contributed by atoms with Gasteiger partial charge in [-0.15, -0.1) is 0 Å². The van der Waals surface area contributed by atoms with Crippen molar-refractivity contribution in [3.05, 3.63) is 59.2 Å². The van der Waals surface area contributed by atoms with Gasteiger partial charge in [-0.3, -0.25) is 4.79 Å². The third-order valence-corrected chi connectivity index (χ3v) is 6.20. The molecule has 0 spiro atoms. The number of nitrogens with zero attached hydrogens (tertiary/aromatic N) is 5. The van der Waals surface area contributed by atoms with Crippen LogP contribution in [0.4, 0.5) is 0 Å². The molecule has 2 aromatic heterocycles. The number of fused-ring (bicyclic) bond motifs is 1. The largest absolute Gasteiger partial charge is 0.395 e. The van der Waals surface area contributed by atoms with E-state index in [0.29, 0.717) is 25.2 Å². The van der Waals surface area contributed by atoms with E-state index in [9.17, 15) is 9.90 Å². The maximum atomic E-state index is 13.0. The minimum atomic E-state index is -0.373. The van der Waals surface area contributed by atoms with Gasteiger partial charge in [0.1, 0.15) is 6.33 Å². The van der Waals surface area contributed by atoms with Gasteiger partial charge in [-0.25, -0.2) is 9.50 Å². The highest BCUT2D eigenvalue weighted by molar-refractivity contribution is 5.77. The summed E-state index contributed by atoms with van der Waals surface area (Å²) in [5.41, 5.74) is 3.65. The molecule has 7 heteroatoms. The van der Waals surface area contributed by atoms with Crippen LogP contribution < -0.4 is 0 Å². The Morgan fingerprint density at radius 2 is 2.03 bits per heavy atom. The first-order valence-corrected chi connectivity index (χ1v) is 10.1. The molecule has 1 unspecified atom stereocenters. The first-order chi connectivity index (χ1) is 14.0. The lowest BCUT2D eigenvalue weighted by Crippen LogP contribution is -2.50. The van der Waals surface area contributed by atoms with Crippen LogP contribution >= 0.6 is 0 Å². The van der Waals surface area contributed by atoms with Gasteiger partial charge in [0.2, 0.25) is 5.91 Å². The number of aromatic nitrogens is 4. The molecule has 1 aliphatic rings. The van der Waals surface area contributed by atoms with Gasteiger partial charge in [-0.2, -0.15) is 10.1 Å². The van der Waals surface area contributed by atoms with E-state index in [-0.39, 0.29) is 17.9 Å². The maximum Gasteiger partial charge on any atom is 0.252 e. The Morgan fingerprint density at radius 3 is 2.79 bits per heavy atom. The van der Waals surface area contributed by atoms with Crippen LogP contribution in [-0.4, -0.2) is 55.2 Å². The number of amides is 1. The van der Waals surface area contributed by atoms with Crippen molar-refractivity contribution in [2.75, 3.05) is 19.7 Å². The minimum absolute atomic E-state index is 0.0475. The third kappa shape index (κ3) is 3.62. The number of aryl methyl sites for hydroxylation is 2. The van der Waals surface area contributed by atoms with Crippen molar-refractivity contribution in [1.29, 1.82) is 0 Å². The Balaban J connectivity index is 1.49. The molecule has 152 valence electrons. The zero-order valence-corrected chi connectivity index (χ0v) is 17.0. The number of benzene rings is 1. The summed E-state index contributed by atoms with van der Waals surface area (Å²) in [7, 11) is 0. The number of piperidine rings is 1. The van der Waals surface area contributed by atoms with Crippen LogP contribution in [0.2, 0.25) is 0 Å². The molecule has 0 aliphatic carbocycles. The van der Waals surface area contributed by atoms with Crippen LogP contribution in [0.5, 0.6) is 0 Å². The van der Waals surface area contributed by atoms with Crippen LogP contribution in [0.1, 0.15) is 41.8 Å². The summed E-state index contributed by atoms with van der Waals surface area (Å²) < 4.78 is 1.72. The summed E-state index contributed by atoms with van der Waals surface area (Å²) in [6.07, 6.45) is 4.32. The van der Waals surface area contributed by atoms with Gasteiger partial charge in [-0.1, -0.05) is 30.3 Å².